The van der Waals surface area contributed by atoms with Gasteiger partial charge in [-0.05, 0) is 36.8 Å². The number of nitrogens with zero attached hydrogens (tertiary/aromatic N) is 1. The van der Waals surface area contributed by atoms with E-state index in [4.69, 9.17) is 0 Å². The Labute approximate surface area is 156 Å². The molecule has 0 aliphatic rings. The molecule has 0 spiro atoms. The molecule has 2 amide bonds. The Morgan fingerprint density at radius 1 is 0.923 bits per heavy atom. The van der Waals surface area contributed by atoms with Gasteiger partial charge in [0, 0.05) is 11.1 Å². The first-order valence-electron chi connectivity index (χ1n) is 8.19. The van der Waals surface area contributed by atoms with Crippen molar-refractivity contribution >= 4 is 45.9 Å². The van der Waals surface area contributed by atoms with Crippen molar-refractivity contribution in [3.05, 3.63) is 66.4 Å². The monoisotopic (exact) mass is 365 g/mol. The number of anilines is 2. The topological polar surface area (TPSA) is 71.1 Å². The van der Waals surface area contributed by atoms with E-state index in [0.717, 1.165) is 22.2 Å². The van der Waals surface area contributed by atoms with Gasteiger partial charge < -0.3 is 10.6 Å². The standard InChI is InChI=1S/C20H19N3O2S/c1-14-5-4-7-16(9-14)22-19(24)12-26-13-20(25)23-17-10-15-6-2-3-8-18(15)21-11-17/h2-11H,12-13H2,1H3,(H,22,24)(H,23,25). The highest BCUT2D eigenvalue weighted by molar-refractivity contribution is 8.00. The summed E-state index contributed by atoms with van der Waals surface area (Å²) in [6.07, 6.45) is 1.63. The predicted molar refractivity (Wildman–Crippen MR) is 108 cm³/mol. The number of aromatic nitrogens is 1. The second-order valence-corrected chi connectivity index (χ2v) is 6.86. The summed E-state index contributed by atoms with van der Waals surface area (Å²) in [5, 5.41) is 6.60. The molecule has 0 unspecified atom stereocenters. The Morgan fingerprint density at radius 2 is 1.65 bits per heavy atom. The first-order chi connectivity index (χ1) is 12.6. The van der Waals surface area contributed by atoms with E-state index in [-0.39, 0.29) is 23.3 Å². The molecule has 0 saturated carbocycles. The number of aryl methyl sites for hydroxylation is 1. The molecule has 0 aliphatic heterocycles. The first-order valence-corrected chi connectivity index (χ1v) is 9.34. The fourth-order valence-electron chi connectivity index (χ4n) is 2.49. The highest BCUT2D eigenvalue weighted by Crippen LogP contribution is 2.16. The molecular weight excluding hydrogens is 346 g/mol. The molecule has 26 heavy (non-hydrogen) atoms. The summed E-state index contributed by atoms with van der Waals surface area (Å²) in [5.74, 6) is 0.141. The number of hydrogen-bond donors (Lipinski definition) is 2. The van der Waals surface area contributed by atoms with Crippen molar-refractivity contribution < 1.29 is 9.59 Å². The van der Waals surface area contributed by atoms with Crippen LogP contribution in [-0.4, -0.2) is 28.3 Å². The predicted octanol–water partition coefficient (Wildman–Crippen LogP) is 3.85. The number of amides is 2. The Bertz CT molecular complexity index is 943. The summed E-state index contributed by atoms with van der Waals surface area (Å²) in [4.78, 5) is 28.3. The van der Waals surface area contributed by atoms with Gasteiger partial charge in [0.25, 0.3) is 0 Å². The third-order valence-corrected chi connectivity index (χ3v) is 4.58. The minimum absolute atomic E-state index is 0.124. The van der Waals surface area contributed by atoms with E-state index in [0.29, 0.717) is 5.69 Å². The van der Waals surface area contributed by atoms with Gasteiger partial charge in [-0.15, -0.1) is 11.8 Å². The van der Waals surface area contributed by atoms with Crippen LogP contribution in [0.5, 0.6) is 0 Å². The van der Waals surface area contributed by atoms with Gasteiger partial charge in [-0.1, -0.05) is 30.3 Å². The van der Waals surface area contributed by atoms with Crippen molar-refractivity contribution in [1.82, 2.24) is 4.98 Å². The lowest BCUT2D eigenvalue weighted by Crippen LogP contribution is -2.18. The van der Waals surface area contributed by atoms with E-state index in [1.54, 1.807) is 6.20 Å². The van der Waals surface area contributed by atoms with Crippen LogP contribution in [0, 0.1) is 6.92 Å². The SMILES string of the molecule is Cc1cccc(NC(=O)CSCC(=O)Nc2cnc3ccccc3c2)c1. The van der Waals surface area contributed by atoms with Gasteiger partial charge >= 0.3 is 0 Å². The lowest BCUT2D eigenvalue weighted by atomic mass is 10.2. The summed E-state index contributed by atoms with van der Waals surface area (Å²) in [7, 11) is 0. The van der Waals surface area contributed by atoms with Gasteiger partial charge in [0.15, 0.2) is 0 Å². The van der Waals surface area contributed by atoms with Gasteiger partial charge in [-0.25, -0.2) is 0 Å². The number of fused-ring (bicyclic) bond motifs is 1. The van der Waals surface area contributed by atoms with Crippen molar-refractivity contribution in [3.8, 4) is 0 Å². The van der Waals surface area contributed by atoms with E-state index >= 15 is 0 Å². The zero-order valence-corrected chi connectivity index (χ0v) is 15.2. The second kappa shape index (κ2) is 8.49. The van der Waals surface area contributed by atoms with E-state index in [1.165, 1.54) is 11.8 Å². The highest BCUT2D eigenvalue weighted by Gasteiger charge is 2.07. The van der Waals surface area contributed by atoms with Crippen LogP contribution in [0.1, 0.15) is 5.56 Å². The molecule has 3 aromatic rings. The van der Waals surface area contributed by atoms with Gasteiger partial charge in [0.2, 0.25) is 11.8 Å². The minimum Gasteiger partial charge on any atom is -0.325 e. The normalized spacial score (nSPS) is 10.5. The maximum atomic E-state index is 12.0. The minimum atomic E-state index is -0.157. The summed E-state index contributed by atoms with van der Waals surface area (Å²) in [6, 6.07) is 17.2. The molecule has 3 rings (SSSR count). The first kappa shape index (κ1) is 17.9. The molecule has 0 saturated heterocycles. The molecule has 1 aromatic heterocycles. The molecule has 6 heteroatoms. The van der Waals surface area contributed by atoms with Gasteiger partial charge in [0.05, 0.1) is 28.9 Å². The third-order valence-electron chi connectivity index (χ3n) is 3.64. The number of rotatable bonds is 6. The Hall–Kier alpha value is -2.86. The van der Waals surface area contributed by atoms with Crippen LogP contribution in [-0.2, 0) is 9.59 Å². The number of nitrogens with one attached hydrogen (secondary N) is 2. The average Bonchev–Trinajstić information content (AvgIpc) is 2.61. The Morgan fingerprint density at radius 3 is 2.42 bits per heavy atom. The van der Waals surface area contributed by atoms with Crippen LogP contribution in [0.4, 0.5) is 11.4 Å². The van der Waals surface area contributed by atoms with Crippen molar-refractivity contribution in [1.29, 1.82) is 0 Å². The maximum absolute atomic E-state index is 12.0. The lowest BCUT2D eigenvalue weighted by molar-refractivity contribution is -0.114. The van der Waals surface area contributed by atoms with Crippen molar-refractivity contribution in [2.24, 2.45) is 0 Å². The molecule has 0 fully saturated rings. The van der Waals surface area contributed by atoms with Gasteiger partial charge in [0.1, 0.15) is 0 Å². The number of thioether (sulfide) groups is 1. The fourth-order valence-corrected chi connectivity index (χ4v) is 3.11. The van der Waals surface area contributed by atoms with Crippen LogP contribution in [0.3, 0.4) is 0 Å². The number of carbonyl (C=O) groups is 2. The van der Waals surface area contributed by atoms with Crippen LogP contribution in [0.2, 0.25) is 0 Å². The largest absolute Gasteiger partial charge is 0.325 e. The number of pyridine rings is 1. The van der Waals surface area contributed by atoms with E-state index < -0.39 is 0 Å². The Balaban J connectivity index is 1.45. The molecule has 0 bridgehead atoms. The molecule has 1 heterocycles. The van der Waals surface area contributed by atoms with Crippen molar-refractivity contribution in [2.45, 2.75) is 6.92 Å². The van der Waals surface area contributed by atoms with Crippen LogP contribution < -0.4 is 10.6 Å². The van der Waals surface area contributed by atoms with Gasteiger partial charge in [-0.3, -0.25) is 14.6 Å². The summed E-state index contributed by atoms with van der Waals surface area (Å²) in [5.41, 5.74) is 3.38. The Kier molecular flexibility index (Phi) is 5.86. The molecule has 5 nitrogen and oxygen atoms in total. The van der Waals surface area contributed by atoms with Crippen molar-refractivity contribution in [2.75, 3.05) is 22.1 Å². The fraction of sp³-hybridized carbons (Fsp3) is 0.150. The lowest BCUT2D eigenvalue weighted by Gasteiger charge is -2.07. The summed E-state index contributed by atoms with van der Waals surface area (Å²) in [6.45, 7) is 1.97. The average molecular weight is 365 g/mol. The van der Waals surface area contributed by atoms with Crippen LogP contribution in [0.15, 0.2) is 60.8 Å². The smallest absolute Gasteiger partial charge is 0.234 e. The van der Waals surface area contributed by atoms with E-state index in [2.05, 4.69) is 15.6 Å². The summed E-state index contributed by atoms with van der Waals surface area (Å²) >= 11 is 1.27. The third kappa shape index (κ3) is 5.07. The molecule has 132 valence electrons. The summed E-state index contributed by atoms with van der Waals surface area (Å²) < 4.78 is 0. The molecule has 0 atom stereocenters. The zero-order chi connectivity index (χ0) is 18.4. The number of carbonyl (C=O) groups excluding carboxylic acids is 2. The van der Waals surface area contributed by atoms with Crippen LogP contribution >= 0.6 is 11.8 Å². The molecular formula is C20H19N3O2S. The van der Waals surface area contributed by atoms with Gasteiger partial charge in [-0.2, -0.15) is 0 Å². The number of hydrogen-bond acceptors (Lipinski definition) is 4. The highest BCUT2D eigenvalue weighted by atomic mass is 32.2. The van der Waals surface area contributed by atoms with Crippen molar-refractivity contribution in [3.63, 3.8) is 0 Å². The second-order valence-electron chi connectivity index (χ2n) is 5.88. The number of para-hydroxylation sites is 1. The van der Waals surface area contributed by atoms with E-state index in [9.17, 15) is 9.59 Å². The van der Waals surface area contributed by atoms with Crippen LogP contribution in [0.25, 0.3) is 10.9 Å². The maximum Gasteiger partial charge on any atom is 0.234 e. The quantitative estimate of drug-likeness (QED) is 0.696. The van der Waals surface area contributed by atoms with E-state index in [1.807, 2.05) is 61.5 Å². The number of benzene rings is 2. The molecule has 0 radical (unpaired) electrons. The molecule has 0 aliphatic carbocycles. The zero-order valence-electron chi connectivity index (χ0n) is 14.4. The molecule has 2 aromatic carbocycles. The molecule has 2 N–H and O–H groups in total.